The summed E-state index contributed by atoms with van der Waals surface area (Å²) >= 11 is 4.68. The zero-order chi connectivity index (χ0) is 20.2. The van der Waals surface area contributed by atoms with E-state index < -0.39 is 35.3 Å². The van der Waals surface area contributed by atoms with Crippen molar-refractivity contribution in [3.8, 4) is 0 Å². The third kappa shape index (κ3) is 4.89. The van der Waals surface area contributed by atoms with Crippen molar-refractivity contribution in [2.24, 2.45) is 28.6 Å². The molecule has 6 N–H and O–H groups in total. The average molecular weight is 391 g/mol. The maximum Gasteiger partial charge on any atom is 0.312 e. The SMILES string of the molecule is CC1(O)CC(=NNC(N)=S)C(C(=O)O)C(/C=C/c2ccccc2)C1C(=O)O. The summed E-state index contributed by atoms with van der Waals surface area (Å²) in [5, 5.41) is 33.9. The molecule has 27 heavy (non-hydrogen) atoms. The lowest BCUT2D eigenvalue weighted by Crippen LogP contribution is -2.55. The van der Waals surface area contributed by atoms with Crippen molar-refractivity contribution in [3.05, 3.63) is 42.0 Å². The molecule has 2 rings (SSSR count). The Bertz CT molecular complexity index is 791. The number of thiocarbonyl (C=S) groups is 1. The number of hydrogen-bond acceptors (Lipinski definition) is 5. The highest BCUT2D eigenvalue weighted by Crippen LogP contribution is 2.41. The Hall–Kier alpha value is -2.78. The number of aliphatic hydroxyl groups is 1. The summed E-state index contributed by atoms with van der Waals surface area (Å²) in [4.78, 5) is 23.8. The molecule has 1 aromatic carbocycles. The van der Waals surface area contributed by atoms with Crippen LogP contribution >= 0.6 is 12.2 Å². The molecule has 0 radical (unpaired) electrons. The van der Waals surface area contributed by atoms with Crippen LogP contribution in [-0.4, -0.2) is 43.7 Å². The van der Waals surface area contributed by atoms with E-state index in [-0.39, 0.29) is 17.2 Å². The number of carboxylic acid groups (broad SMARTS) is 2. The van der Waals surface area contributed by atoms with Gasteiger partial charge in [0.25, 0.3) is 0 Å². The third-order valence-corrected chi connectivity index (χ3v) is 4.58. The summed E-state index contributed by atoms with van der Waals surface area (Å²) in [5.41, 5.74) is 6.80. The van der Waals surface area contributed by atoms with E-state index in [4.69, 9.17) is 5.73 Å². The minimum atomic E-state index is -1.71. The number of carbonyl (C=O) groups is 2. The molecule has 1 fully saturated rings. The minimum Gasteiger partial charge on any atom is -0.481 e. The summed E-state index contributed by atoms with van der Waals surface area (Å²) in [6, 6.07) is 9.03. The van der Waals surface area contributed by atoms with Crippen LogP contribution in [0.3, 0.4) is 0 Å². The van der Waals surface area contributed by atoms with E-state index >= 15 is 0 Å². The van der Waals surface area contributed by atoms with E-state index in [1.165, 1.54) is 13.0 Å². The molecule has 1 aliphatic rings. The Morgan fingerprint density at radius 1 is 1.30 bits per heavy atom. The lowest BCUT2D eigenvalue weighted by Gasteiger charge is -2.42. The van der Waals surface area contributed by atoms with Crippen molar-refractivity contribution in [2.75, 3.05) is 0 Å². The van der Waals surface area contributed by atoms with Crippen LogP contribution in [0.1, 0.15) is 18.9 Å². The zero-order valence-electron chi connectivity index (χ0n) is 14.6. The van der Waals surface area contributed by atoms with Gasteiger partial charge in [-0.3, -0.25) is 15.0 Å². The molecule has 4 atom stereocenters. The number of carboxylic acids is 2. The maximum atomic E-state index is 11.9. The highest BCUT2D eigenvalue weighted by molar-refractivity contribution is 7.80. The van der Waals surface area contributed by atoms with Gasteiger partial charge in [0.15, 0.2) is 5.11 Å². The predicted octanol–water partition coefficient (Wildman–Crippen LogP) is 1.06. The lowest BCUT2D eigenvalue weighted by atomic mass is 9.63. The standard InChI is InChI=1S/C18H21N3O5S/c1-18(26)9-12(20-21-17(19)27)13(15(22)23)11(14(18)16(24)25)8-7-10-5-3-2-4-6-10/h2-8,11,13-14,26H,9H2,1H3,(H,22,23)(H,24,25)(H3,19,21,27)/b8-7+,20-12?. The maximum absolute atomic E-state index is 11.9. The van der Waals surface area contributed by atoms with E-state index in [0.717, 1.165) is 5.56 Å². The van der Waals surface area contributed by atoms with Gasteiger partial charge in [0, 0.05) is 12.3 Å². The normalized spacial score (nSPS) is 29.6. The first-order valence-corrected chi connectivity index (χ1v) is 8.57. The first-order chi connectivity index (χ1) is 12.6. The number of nitrogens with zero attached hydrogens (tertiary/aromatic N) is 1. The molecule has 0 aliphatic heterocycles. The van der Waals surface area contributed by atoms with Crippen molar-refractivity contribution in [1.82, 2.24) is 5.43 Å². The van der Waals surface area contributed by atoms with Crippen LogP contribution in [0.15, 0.2) is 41.5 Å². The second-order valence-corrected chi connectivity index (χ2v) is 7.03. The van der Waals surface area contributed by atoms with Crippen molar-refractivity contribution in [3.63, 3.8) is 0 Å². The highest BCUT2D eigenvalue weighted by atomic mass is 32.1. The molecule has 0 bridgehead atoms. The van der Waals surface area contributed by atoms with Crippen LogP contribution in [0.2, 0.25) is 0 Å². The molecule has 0 saturated heterocycles. The van der Waals surface area contributed by atoms with E-state index in [1.807, 2.05) is 6.07 Å². The van der Waals surface area contributed by atoms with E-state index in [0.29, 0.717) is 0 Å². The van der Waals surface area contributed by atoms with Crippen molar-refractivity contribution in [2.45, 2.75) is 18.9 Å². The Morgan fingerprint density at radius 2 is 1.93 bits per heavy atom. The number of aliphatic carboxylic acids is 2. The Balaban J connectivity index is 2.52. The molecular weight excluding hydrogens is 370 g/mol. The highest BCUT2D eigenvalue weighted by Gasteiger charge is 2.54. The first kappa shape index (κ1) is 20.5. The fourth-order valence-corrected chi connectivity index (χ4v) is 3.44. The molecule has 0 heterocycles. The number of rotatable bonds is 5. The molecule has 144 valence electrons. The zero-order valence-corrected chi connectivity index (χ0v) is 15.4. The van der Waals surface area contributed by atoms with Crippen molar-refractivity contribution < 1.29 is 24.9 Å². The van der Waals surface area contributed by atoms with Crippen LogP contribution in [-0.2, 0) is 9.59 Å². The Kier molecular flexibility index (Phi) is 6.29. The lowest BCUT2D eigenvalue weighted by molar-refractivity contribution is -0.158. The van der Waals surface area contributed by atoms with E-state index in [2.05, 4.69) is 22.7 Å². The average Bonchev–Trinajstić information content (AvgIpc) is 2.57. The fraction of sp³-hybridized carbons (Fsp3) is 0.333. The van der Waals surface area contributed by atoms with Crippen molar-refractivity contribution >= 4 is 41.1 Å². The number of hydrazone groups is 1. The molecule has 0 amide bonds. The fourth-order valence-electron chi connectivity index (χ4n) is 3.40. The number of benzene rings is 1. The van der Waals surface area contributed by atoms with Gasteiger partial charge in [-0.1, -0.05) is 42.5 Å². The summed E-state index contributed by atoms with van der Waals surface area (Å²) in [6.07, 6.45) is 2.89. The molecule has 1 aliphatic carbocycles. The molecule has 0 aromatic heterocycles. The Labute approximate surface area is 161 Å². The largest absolute Gasteiger partial charge is 0.481 e. The van der Waals surface area contributed by atoms with Crippen molar-refractivity contribution in [1.29, 1.82) is 0 Å². The topological polar surface area (TPSA) is 145 Å². The van der Waals surface area contributed by atoms with Gasteiger partial charge in [0.2, 0.25) is 0 Å². The summed E-state index contributed by atoms with van der Waals surface area (Å²) < 4.78 is 0. The van der Waals surface area contributed by atoms with Gasteiger partial charge >= 0.3 is 11.9 Å². The van der Waals surface area contributed by atoms with E-state index in [1.54, 1.807) is 30.3 Å². The molecule has 9 heteroatoms. The summed E-state index contributed by atoms with van der Waals surface area (Å²) in [5.74, 6) is -6.15. The summed E-state index contributed by atoms with van der Waals surface area (Å²) in [6.45, 7) is 1.35. The summed E-state index contributed by atoms with van der Waals surface area (Å²) in [7, 11) is 0. The van der Waals surface area contributed by atoms with Crippen LogP contribution in [0.25, 0.3) is 6.08 Å². The van der Waals surface area contributed by atoms with Gasteiger partial charge < -0.3 is 21.1 Å². The molecule has 8 nitrogen and oxygen atoms in total. The number of nitrogens with one attached hydrogen (secondary N) is 1. The molecule has 4 unspecified atom stereocenters. The first-order valence-electron chi connectivity index (χ1n) is 8.16. The van der Waals surface area contributed by atoms with Crippen LogP contribution in [0.5, 0.6) is 0 Å². The van der Waals surface area contributed by atoms with Crippen LogP contribution in [0.4, 0.5) is 0 Å². The third-order valence-electron chi connectivity index (χ3n) is 4.49. The van der Waals surface area contributed by atoms with Gasteiger partial charge in [-0.2, -0.15) is 5.10 Å². The Morgan fingerprint density at radius 3 is 2.44 bits per heavy atom. The second kappa shape index (κ2) is 8.28. The molecule has 0 spiro atoms. The number of nitrogens with two attached hydrogens (primary N) is 1. The smallest absolute Gasteiger partial charge is 0.312 e. The molecule has 1 saturated carbocycles. The van der Waals surface area contributed by atoms with Crippen LogP contribution < -0.4 is 11.2 Å². The molecule has 1 aromatic rings. The van der Waals surface area contributed by atoms with Gasteiger partial charge in [0.05, 0.1) is 17.2 Å². The number of hydrogen-bond donors (Lipinski definition) is 5. The number of allylic oxidation sites excluding steroid dienone is 1. The van der Waals surface area contributed by atoms with Gasteiger partial charge in [0.1, 0.15) is 5.92 Å². The predicted molar refractivity (Wildman–Crippen MR) is 104 cm³/mol. The quantitative estimate of drug-likeness (QED) is 0.370. The molecular formula is C18H21N3O5S. The van der Waals surface area contributed by atoms with Gasteiger partial charge in [-0.05, 0) is 24.7 Å². The monoisotopic (exact) mass is 391 g/mol. The van der Waals surface area contributed by atoms with E-state index in [9.17, 15) is 24.9 Å². The second-order valence-electron chi connectivity index (χ2n) is 6.59. The van der Waals surface area contributed by atoms with Crippen LogP contribution in [0, 0.1) is 17.8 Å². The van der Waals surface area contributed by atoms with Gasteiger partial charge in [-0.15, -0.1) is 0 Å². The van der Waals surface area contributed by atoms with Gasteiger partial charge in [-0.25, -0.2) is 0 Å². The minimum absolute atomic E-state index is 0.0699.